The van der Waals surface area contributed by atoms with Crippen LogP contribution < -0.4 is 10.6 Å². The number of halogens is 1. The van der Waals surface area contributed by atoms with Gasteiger partial charge in [-0.3, -0.25) is 0 Å². The fraction of sp³-hybridized carbons (Fsp3) is 0.333. The molecule has 1 aliphatic rings. The third-order valence-electron chi connectivity index (χ3n) is 3.65. The maximum absolute atomic E-state index is 6.32. The highest BCUT2D eigenvalue weighted by atomic mass is 35.5. The van der Waals surface area contributed by atoms with Crippen molar-refractivity contribution in [2.45, 2.75) is 25.9 Å². The first kappa shape index (κ1) is 13.0. The fourth-order valence-corrected chi connectivity index (χ4v) is 3.79. The van der Waals surface area contributed by atoms with E-state index >= 15 is 0 Å². The SMILES string of the molecule is CC(N)c1ccc(N2CCc3sccc3C2)cc1Cl. The molecule has 2 nitrogen and oxygen atoms in total. The van der Waals surface area contributed by atoms with E-state index in [1.807, 2.05) is 30.4 Å². The molecule has 1 unspecified atom stereocenters. The summed E-state index contributed by atoms with van der Waals surface area (Å²) in [6.07, 6.45) is 1.12. The Morgan fingerprint density at radius 1 is 1.37 bits per heavy atom. The molecule has 0 saturated heterocycles. The highest BCUT2D eigenvalue weighted by Gasteiger charge is 2.18. The van der Waals surface area contributed by atoms with Crippen LogP contribution in [0.3, 0.4) is 0 Å². The van der Waals surface area contributed by atoms with Crippen LogP contribution in [0.25, 0.3) is 0 Å². The van der Waals surface area contributed by atoms with Gasteiger partial charge in [-0.2, -0.15) is 0 Å². The molecule has 2 N–H and O–H groups in total. The van der Waals surface area contributed by atoms with Crippen molar-refractivity contribution in [1.82, 2.24) is 0 Å². The molecule has 0 bridgehead atoms. The third-order valence-corrected chi connectivity index (χ3v) is 5.00. The molecule has 1 aromatic carbocycles. The van der Waals surface area contributed by atoms with E-state index in [-0.39, 0.29) is 6.04 Å². The zero-order chi connectivity index (χ0) is 13.4. The van der Waals surface area contributed by atoms with E-state index in [9.17, 15) is 0 Å². The lowest BCUT2D eigenvalue weighted by Gasteiger charge is -2.29. The van der Waals surface area contributed by atoms with E-state index in [1.54, 1.807) is 0 Å². The first-order chi connectivity index (χ1) is 9.15. The van der Waals surface area contributed by atoms with Gasteiger partial charge in [0.15, 0.2) is 0 Å². The predicted octanol–water partition coefficient (Wildman–Crippen LogP) is 3.98. The minimum absolute atomic E-state index is 0.0219. The van der Waals surface area contributed by atoms with Crippen LogP contribution in [0.4, 0.5) is 5.69 Å². The first-order valence-electron chi connectivity index (χ1n) is 6.50. The maximum Gasteiger partial charge on any atom is 0.0474 e. The molecule has 0 aliphatic carbocycles. The Hall–Kier alpha value is -1.03. The lowest BCUT2D eigenvalue weighted by molar-refractivity contribution is 0.742. The molecule has 1 atom stereocenters. The van der Waals surface area contributed by atoms with Crippen LogP contribution in [0, 0.1) is 0 Å². The highest BCUT2D eigenvalue weighted by Crippen LogP contribution is 2.31. The summed E-state index contributed by atoms with van der Waals surface area (Å²) in [5, 5.41) is 2.95. The molecule has 2 heterocycles. The van der Waals surface area contributed by atoms with Crippen molar-refractivity contribution in [1.29, 1.82) is 0 Å². The molecule has 4 heteroatoms. The second-order valence-corrected chi connectivity index (χ2v) is 6.44. The highest BCUT2D eigenvalue weighted by molar-refractivity contribution is 7.10. The molecule has 0 fully saturated rings. The maximum atomic E-state index is 6.32. The average molecular weight is 293 g/mol. The molecule has 0 saturated carbocycles. The van der Waals surface area contributed by atoms with Crippen LogP contribution in [0.5, 0.6) is 0 Å². The molecule has 19 heavy (non-hydrogen) atoms. The summed E-state index contributed by atoms with van der Waals surface area (Å²) in [4.78, 5) is 3.90. The van der Waals surface area contributed by atoms with Gasteiger partial charge in [0.05, 0.1) is 0 Å². The van der Waals surface area contributed by atoms with Crippen LogP contribution in [0.1, 0.15) is 29.0 Å². The van der Waals surface area contributed by atoms with Gasteiger partial charge in [-0.05, 0) is 48.1 Å². The van der Waals surface area contributed by atoms with Gasteiger partial charge < -0.3 is 10.6 Å². The Balaban J connectivity index is 1.86. The van der Waals surface area contributed by atoms with E-state index < -0.39 is 0 Å². The second-order valence-electron chi connectivity index (χ2n) is 5.04. The number of rotatable bonds is 2. The van der Waals surface area contributed by atoms with Crippen molar-refractivity contribution in [3.63, 3.8) is 0 Å². The molecule has 0 amide bonds. The number of hydrogen-bond donors (Lipinski definition) is 1. The monoisotopic (exact) mass is 292 g/mol. The number of fused-ring (bicyclic) bond motifs is 1. The van der Waals surface area contributed by atoms with Crippen LogP contribution in [0.2, 0.25) is 5.02 Å². The van der Waals surface area contributed by atoms with Crippen molar-refractivity contribution in [3.8, 4) is 0 Å². The molecule has 0 spiro atoms. The smallest absolute Gasteiger partial charge is 0.0474 e. The summed E-state index contributed by atoms with van der Waals surface area (Å²) in [6.45, 7) is 3.99. The summed E-state index contributed by atoms with van der Waals surface area (Å²) in [5.41, 5.74) is 9.54. The average Bonchev–Trinajstić information content (AvgIpc) is 2.85. The Labute approximate surface area is 122 Å². The van der Waals surface area contributed by atoms with Crippen molar-refractivity contribution in [2.24, 2.45) is 5.73 Å². The van der Waals surface area contributed by atoms with Gasteiger partial charge in [-0.15, -0.1) is 11.3 Å². The van der Waals surface area contributed by atoms with E-state index in [0.717, 1.165) is 30.1 Å². The minimum atomic E-state index is -0.0219. The number of anilines is 1. The zero-order valence-corrected chi connectivity index (χ0v) is 12.5. The van der Waals surface area contributed by atoms with E-state index in [4.69, 9.17) is 17.3 Å². The largest absolute Gasteiger partial charge is 0.367 e. The Morgan fingerprint density at radius 2 is 2.21 bits per heavy atom. The van der Waals surface area contributed by atoms with Crippen LogP contribution in [0.15, 0.2) is 29.6 Å². The summed E-state index contributed by atoms with van der Waals surface area (Å²) < 4.78 is 0. The number of hydrogen-bond acceptors (Lipinski definition) is 3. The number of benzene rings is 1. The van der Waals surface area contributed by atoms with Gasteiger partial charge in [0.2, 0.25) is 0 Å². The molecule has 1 aliphatic heterocycles. The van der Waals surface area contributed by atoms with Crippen molar-refractivity contribution < 1.29 is 0 Å². The van der Waals surface area contributed by atoms with E-state index in [1.165, 1.54) is 16.1 Å². The molecular weight excluding hydrogens is 276 g/mol. The van der Waals surface area contributed by atoms with Gasteiger partial charge in [-0.25, -0.2) is 0 Å². The van der Waals surface area contributed by atoms with Gasteiger partial charge >= 0.3 is 0 Å². The number of nitrogens with two attached hydrogens (primary N) is 1. The molecular formula is C15H17ClN2S. The third kappa shape index (κ3) is 2.50. The normalized spacial score (nSPS) is 16.3. The van der Waals surface area contributed by atoms with Crippen molar-refractivity contribution in [2.75, 3.05) is 11.4 Å². The number of thiophene rings is 1. The quantitative estimate of drug-likeness (QED) is 0.907. The van der Waals surface area contributed by atoms with Gasteiger partial charge in [0.1, 0.15) is 0 Å². The van der Waals surface area contributed by atoms with E-state index in [2.05, 4.69) is 22.4 Å². The van der Waals surface area contributed by atoms with Gasteiger partial charge in [0.25, 0.3) is 0 Å². The predicted molar refractivity (Wildman–Crippen MR) is 83.1 cm³/mol. The first-order valence-corrected chi connectivity index (χ1v) is 7.76. The van der Waals surface area contributed by atoms with Crippen molar-refractivity contribution in [3.05, 3.63) is 50.7 Å². The Morgan fingerprint density at radius 3 is 2.95 bits per heavy atom. The molecule has 1 aromatic heterocycles. The van der Waals surface area contributed by atoms with Crippen molar-refractivity contribution >= 4 is 28.6 Å². The molecule has 100 valence electrons. The van der Waals surface area contributed by atoms with Crippen LogP contribution in [-0.4, -0.2) is 6.54 Å². The standard InChI is InChI=1S/C15H17ClN2S/c1-10(17)13-3-2-12(8-14(13)16)18-6-4-15-11(9-18)5-7-19-15/h2-3,5,7-8,10H,4,6,9,17H2,1H3. The minimum Gasteiger partial charge on any atom is -0.367 e. The Bertz CT molecular complexity index is 592. The molecule has 2 aromatic rings. The van der Waals surface area contributed by atoms with E-state index in [0.29, 0.717) is 0 Å². The van der Waals surface area contributed by atoms with Gasteiger partial charge in [-0.1, -0.05) is 17.7 Å². The Kier molecular flexibility index (Phi) is 3.52. The van der Waals surface area contributed by atoms with Gasteiger partial charge in [0, 0.05) is 34.7 Å². The topological polar surface area (TPSA) is 29.3 Å². The summed E-state index contributed by atoms with van der Waals surface area (Å²) in [6, 6.07) is 8.42. The number of nitrogens with zero attached hydrogens (tertiary/aromatic N) is 1. The summed E-state index contributed by atoms with van der Waals surface area (Å²) >= 11 is 8.18. The summed E-state index contributed by atoms with van der Waals surface area (Å²) in [7, 11) is 0. The fourth-order valence-electron chi connectivity index (χ4n) is 2.55. The lowest BCUT2D eigenvalue weighted by atomic mass is 10.1. The van der Waals surface area contributed by atoms with Crippen LogP contribution in [-0.2, 0) is 13.0 Å². The molecule has 3 rings (SSSR count). The lowest BCUT2D eigenvalue weighted by Crippen LogP contribution is -2.29. The molecule has 0 radical (unpaired) electrons. The van der Waals surface area contributed by atoms with Crippen LogP contribution >= 0.6 is 22.9 Å². The second kappa shape index (κ2) is 5.16. The summed E-state index contributed by atoms with van der Waals surface area (Å²) in [5.74, 6) is 0. The zero-order valence-electron chi connectivity index (χ0n) is 10.9.